The first kappa shape index (κ1) is 16.1. The van der Waals surface area contributed by atoms with Crippen molar-refractivity contribution in [1.29, 1.82) is 0 Å². The molecule has 4 heteroatoms. The molecule has 0 aliphatic rings. The molecule has 2 nitrogen and oxygen atoms in total. The van der Waals surface area contributed by atoms with Crippen LogP contribution < -0.4 is 5.32 Å². The van der Waals surface area contributed by atoms with Crippen molar-refractivity contribution >= 4 is 15.9 Å². The molecule has 0 spiro atoms. The molecule has 2 rings (SSSR count). The highest BCUT2D eigenvalue weighted by molar-refractivity contribution is 9.10. The number of rotatable bonds is 6. The lowest BCUT2D eigenvalue weighted by atomic mass is 9.96. The van der Waals surface area contributed by atoms with Gasteiger partial charge in [0.1, 0.15) is 5.82 Å². The fourth-order valence-corrected chi connectivity index (χ4v) is 2.81. The Hall–Kier alpha value is -1.26. The van der Waals surface area contributed by atoms with E-state index in [1.165, 1.54) is 17.2 Å². The predicted molar refractivity (Wildman–Crippen MR) is 87.8 cm³/mol. The van der Waals surface area contributed by atoms with E-state index in [1.54, 1.807) is 0 Å². The van der Waals surface area contributed by atoms with Gasteiger partial charge in [0.25, 0.3) is 0 Å². The molecular weight excluding hydrogens is 331 g/mol. The zero-order valence-electron chi connectivity index (χ0n) is 12.4. The number of benzene rings is 1. The topological polar surface area (TPSA) is 24.9 Å². The van der Waals surface area contributed by atoms with E-state index in [9.17, 15) is 4.39 Å². The third kappa shape index (κ3) is 4.35. The Kier molecular flexibility index (Phi) is 5.88. The van der Waals surface area contributed by atoms with E-state index in [-0.39, 0.29) is 11.9 Å². The molecule has 0 aliphatic carbocycles. The van der Waals surface area contributed by atoms with Gasteiger partial charge in [0, 0.05) is 18.4 Å². The van der Waals surface area contributed by atoms with Crippen LogP contribution in [0.2, 0.25) is 0 Å². The summed E-state index contributed by atoms with van der Waals surface area (Å²) in [7, 11) is 0. The van der Waals surface area contributed by atoms with Crippen LogP contribution in [0.5, 0.6) is 0 Å². The van der Waals surface area contributed by atoms with Gasteiger partial charge in [-0.15, -0.1) is 0 Å². The summed E-state index contributed by atoms with van der Waals surface area (Å²) in [6.07, 6.45) is 5.61. The zero-order valence-corrected chi connectivity index (χ0v) is 14.0. The summed E-state index contributed by atoms with van der Waals surface area (Å²) in [4.78, 5) is 4.16. The molecule has 0 aliphatic heterocycles. The van der Waals surface area contributed by atoms with Gasteiger partial charge in [-0.2, -0.15) is 0 Å². The zero-order chi connectivity index (χ0) is 15.2. The van der Waals surface area contributed by atoms with Gasteiger partial charge in [-0.25, -0.2) is 4.39 Å². The molecule has 0 saturated carbocycles. The lowest BCUT2D eigenvalue weighted by molar-refractivity contribution is 0.525. The Morgan fingerprint density at radius 2 is 2.14 bits per heavy atom. The molecule has 0 radical (unpaired) electrons. The first-order valence-electron chi connectivity index (χ1n) is 7.19. The van der Waals surface area contributed by atoms with Gasteiger partial charge < -0.3 is 5.32 Å². The summed E-state index contributed by atoms with van der Waals surface area (Å²) in [5.74, 6) is -0.225. The maximum atomic E-state index is 13.4. The molecular formula is C17H20BrFN2. The van der Waals surface area contributed by atoms with E-state index in [0.29, 0.717) is 4.47 Å². The van der Waals surface area contributed by atoms with Gasteiger partial charge >= 0.3 is 0 Å². The number of pyridine rings is 1. The summed E-state index contributed by atoms with van der Waals surface area (Å²) in [5.41, 5.74) is 3.53. The van der Waals surface area contributed by atoms with Gasteiger partial charge in [0.2, 0.25) is 0 Å². The monoisotopic (exact) mass is 350 g/mol. The number of hydrogen-bond acceptors (Lipinski definition) is 2. The van der Waals surface area contributed by atoms with Gasteiger partial charge in [-0.05, 0) is 77.1 Å². The number of nitrogens with zero attached hydrogens (tertiary/aromatic N) is 1. The minimum atomic E-state index is -0.225. The van der Waals surface area contributed by atoms with Crippen molar-refractivity contribution in [2.24, 2.45) is 0 Å². The maximum absolute atomic E-state index is 13.4. The highest BCUT2D eigenvalue weighted by Crippen LogP contribution is 2.24. The Bertz CT molecular complexity index is 601. The average molecular weight is 351 g/mol. The van der Waals surface area contributed by atoms with Crippen LogP contribution in [0.4, 0.5) is 4.39 Å². The second kappa shape index (κ2) is 7.66. The lowest BCUT2D eigenvalue weighted by Gasteiger charge is -2.21. The normalized spacial score (nSPS) is 12.4. The van der Waals surface area contributed by atoms with Crippen molar-refractivity contribution in [1.82, 2.24) is 10.3 Å². The second-order valence-electron chi connectivity index (χ2n) is 5.19. The number of aryl methyl sites for hydroxylation is 1. The Morgan fingerprint density at radius 1 is 1.33 bits per heavy atom. The van der Waals surface area contributed by atoms with Crippen LogP contribution >= 0.6 is 15.9 Å². The van der Waals surface area contributed by atoms with E-state index in [4.69, 9.17) is 0 Å². The molecule has 2 aromatic rings. The molecule has 21 heavy (non-hydrogen) atoms. The molecule has 0 amide bonds. The average Bonchev–Trinajstić information content (AvgIpc) is 2.48. The quantitative estimate of drug-likeness (QED) is 0.824. The summed E-state index contributed by atoms with van der Waals surface area (Å²) >= 11 is 3.25. The summed E-state index contributed by atoms with van der Waals surface area (Å²) in [6, 6.07) is 7.48. The molecule has 1 aromatic heterocycles. The van der Waals surface area contributed by atoms with Crippen molar-refractivity contribution in [3.05, 3.63) is 63.6 Å². The van der Waals surface area contributed by atoms with Crippen LogP contribution in [-0.4, -0.2) is 11.5 Å². The van der Waals surface area contributed by atoms with Crippen molar-refractivity contribution in [2.75, 3.05) is 6.54 Å². The maximum Gasteiger partial charge on any atom is 0.137 e. The van der Waals surface area contributed by atoms with Crippen LogP contribution in [0.15, 0.2) is 41.1 Å². The van der Waals surface area contributed by atoms with Crippen molar-refractivity contribution in [3.63, 3.8) is 0 Å². The summed E-state index contributed by atoms with van der Waals surface area (Å²) < 4.78 is 13.9. The van der Waals surface area contributed by atoms with Gasteiger partial charge in [-0.3, -0.25) is 4.98 Å². The molecule has 1 atom stereocenters. The fraction of sp³-hybridized carbons (Fsp3) is 0.353. The highest BCUT2D eigenvalue weighted by Gasteiger charge is 2.14. The Labute approximate surface area is 133 Å². The Balaban J connectivity index is 2.24. The largest absolute Gasteiger partial charge is 0.310 e. The molecule has 112 valence electrons. The first-order chi connectivity index (χ1) is 10.1. The second-order valence-corrected chi connectivity index (χ2v) is 6.05. The number of halogens is 2. The predicted octanol–water partition coefficient (Wildman–Crippen LogP) is 4.58. The number of aromatic nitrogens is 1. The van der Waals surface area contributed by atoms with Crippen LogP contribution in [0.1, 0.15) is 36.1 Å². The molecule has 1 aromatic carbocycles. The first-order valence-corrected chi connectivity index (χ1v) is 7.99. The van der Waals surface area contributed by atoms with Crippen LogP contribution in [0.25, 0.3) is 0 Å². The molecule has 1 heterocycles. The lowest BCUT2D eigenvalue weighted by Crippen LogP contribution is -2.25. The van der Waals surface area contributed by atoms with Crippen LogP contribution in [0.3, 0.4) is 0 Å². The number of nitrogens with one attached hydrogen (secondary N) is 1. The molecule has 1 unspecified atom stereocenters. The minimum absolute atomic E-state index is 0.213. The molecule has 0 bridgehead atoms. The smallest absolute Gasteiger partial charge is 0.137 e. The van der Waals surface area contributed by atoms with Crippen LogP contribution in [0, 0.1) is 12.7 Å². The third-order valence-electron chi connectivity index (χ3n) is 3.50. The minimum Gasteiger partial charge on any atom is -0.310 e. The molecule has 0 saturated heterocycles. The van der Waals surface area contributed by atoms with Gasteiger partial charge in [0.05, 0.1) is 4.47 Å². The summed E-state index contributed by atoms with van der Waals surface area (Å²) in [6.45, 7) is 5.18. The molecule has 0 fully saturated rings. The number of hydrogen-bond donors (Lipinski definition) is 1. The fourth-order valence-electron chi connectivity index (χ4n) is 2.39. The third-order valence-corrected chi connectivity index (χ3v) is 4.11. The van der Waals surface area contributed by atoms with Crippen LogP contribution in [-0.2, 0) is 6.42 Å². The molecule has 1 N–H and O–H groups in total. The Morgan fingerprint density at radius 3 is 2.81 bits per heavy atom. The van der Waals surface area contributed by atoms with Crippen molar-refractivity contribution in [2.45, 2.75) is 32.7 Å². The van der Waals surface area contributed by atoms with Crippen molar-refractivity contribution in [3.8, 4) is 0 Å². The van der Waals surface area contributed by atoms with Gasteiger partial charge in [-0.1, -0.05) is 13.0 Å². The van der Waals surface area contributed by atoms with E-state index >= 15 is 0 Å². The van der Waals surface area contributed by atoms with E-state index in [1.807, 2.05) is 24.5 Å². The van der Waals surface area contributed by atoms with Crippen molar-refractivity contribution < 1.29 is 4.39 Å². The highest BCUT2D eigenvalue weighted by atomic mass is 79.9. The van der Waals surface area contributed by atoms with E-state index < -0.39 is 0 Å². The van der Waals surface area contributed by atoms with Gasteiger partial charge in [0.15, 0.2) is 0 Å². The SMILES string of the molecule is CCCNC(Cc1ccc(F)c(Br)c1)c1ccncc1C. The standard InChI is InChI=1S/C17H20BrFN2/c1-3-7-21-17(14-6-8-20-11-12(14)2)10-13-4-5-16(19)15(18)9-13/h4-6,8-9,11,17,21H,3,7,10H2,1-2H3. The van der Waals surface area contributed by atoms with E-state index in [0.717, 1.165) is 24.9 Å². The van der Waals surface area contributed by atoms with E-state index in [2.05, 4.69) is 46.1 Å². The summed E-state index contributed by atoms with van der Waals surface area (Å²) in [5, 5.41) is 3.57.